The topological polar surface area (TPSA) is 84.3 Å². The van der Waals surface area contributed by atoms with Gasteiger partial charge >= 0.3 is 0 Å². The van der Waals surface area contributed by atoms with Crippen molar-refractivity contribution < 1.29 is 9.72 Å². The zero-order valence-electron chi connectivity index (χ0n) is 10.7. The monoisotopic (exact) mass is 251 g/mol. The average Bonchev–Trinajstić information content (AvgIpc) is 2.31. The van der Waals surface area contributed by atoms with E-state index >= 15 is 0 Å². The van der Waals surface area contributed by atoms with Crippen LogP contribution in [0.4, 0.5) is 11.4 Å². The van der Waals surface area contributed by atoms with E-state index in [1.165, 1.54) is 6.07 Å². The van der Waals surface area contributed by atoms with Gasteiger partial charge in [0.05, 0.1) is 4.92 Å². The summed E-state index contributed by atoms with van der Waals surface area (Å²) in [7, 11) is 1.75. The molecule has 6 heteroatoms. The highest BCUT2D eigenvalue weighted by molar-refractivity contribution is 5.94. The normalized spacial score (nSPS) is 11.9. The lowest BCUT2D eigenvalue weighted by Gasteiger charge is -2.11. The van der Waals surface area contributed by atoms with Crippen LogP contribution >= 0.6 is 0 Å². The third-order valence-corrected chi connectivity index (χ3v) is 2.57. The van der Waals surface area contributed by atoms with Gasteiger partial charge < -0.3 is 10.6 Å². The Bertz CT molecular complexity index is 460. The molecular formula is C12H17N3O3. The molecule has 0 bridgehead atoms. The van der Waals surface area contributed by atoms with Crippen LogP contribution in [-0.4, -0.2) is 24.4 Å². The number of anilines is 1. The van der Waals surface area contributed by atoms with Gasteiger partial charge in [-0.25, -0.2) is 0 Å². The second-order valence-electron chi connectivity index (χ2n) is 4.23. The SMILES string of the molecule is CNCC(C)C(=O)Nc1ccc(C)cc1[N+](=O)[O-]. The molecule has 1 unspecified atom stereocenters. The highest BCUT2D eigenvalue weighted by Crippen LogP contribution is 2.25. The summed E-state index contributed by atoms with van der Waals surface area (Å²) < 4.78 is 0. The van der Waals surface area contributed by atoms with E-state index in [2.05, 4.69) is 10.6 Å². The van der Waals surface area contributed by atoms with Crippen molar-refractivity contribution in [3.8, 4) is 0 Å². The summed E-state index contributed by atoms with van der Waals surface area (Å²) in [6.07, 6.45) is 0. The number of hydrogen-bond acceptors (Lipinski definition) is 4. The van der Waals surface area contributed by atoms with Crippen LogP contribution in [0, 0.1) is 23.0 Å². The van der Waals surface area contributed by atoms with Crippen molar-refractivity contribution in [2.24, 2.45) is 5.92 Å². The number of benzene rings is 1. The van der Waals surface area contributed by atoms with Crippen LogP contribution in [0.2, 0.25) is 0 Å². The standard InChI is InChI=1S/C12H17N3O3/c1-8-4-5-10(11(6-8)15(17)18)14-12(16)9(2)7-13-3/h4-6,9,13H,7H2,1-3H3,(H,14,16). The second kappa shape index (κ2) is 6.11. The molecule has 0 aromatic heterocycles. The Hall–Kier alpha value is -1.95. The van der Waals surface area contributed by atoms with Gasteiger partial charge in [-0.1, -0.05) is 13.0 Å². The molecule has 0 aliphatic heterocycles. The number of nitro groups is 1. The van der Waals surface area contributed by atoms with E-state index in [-0.39, 0.29) is 23.2 Å². The quantitative estimate of drug-likeness (QED) is 0.616. The number of aryl methyl sites for hydroxylation is 1. The lowest BCUT2D eigenvalue weighted by molar-refractivity contribution is -0.384. The number of nitrogens with one attached hydrogen (secondary N) is 2. The molecule has 0 aliphatic rings. The molecule has 0 heterocycles. The number of nitrogens with zero attached hydrogens (tertiary/aromatic N) is 1. The van der Waals surface area contributed by atoms with Gasteiger partial charge in [-0.2, -0.15) is 0 Å². The molecule has 0 fully saturated rings. The Kier molecular flexibility index (Phi) is 4.79. The summed E-state index contributed by atoms with van der Waals surface area (Å²) >= 11 is 0. The lowest BCUT2D eigenvalue weighted by Crippen LogP contribution is -2.28. The molecule has 0 saturated carbocycles. The number of hydrogen-bond donors (Lipinski definition) is 2. The predicted octanol–water partition coefficient (Wildman–Crippen LogP) is 1.70. The van der Waals surface area contributed by atoms with E-state index in [0.29, 0.717) is 6.54 Å². The van der Waals surface area contributed by atoms with E-state index in [0.717, 1.165) is 5.56 Å². The van der Waals surface area contributed by atoms with Crippen molar-refractivity contribution in [1.29, 1.82) is 0 Å². The Balaban J connectivity index is 2.90. The van der Waals surface area contributed by atoms with E-state index in [1.54, 1.807) is 33.0 Å². The molecule has 6 nitrogen and oxygen atoms in total. The van der Waals surface area contributed by atoms with Gasteiger partial charge in [0.1, 0.15) is 5.69 Å². The Labute approximate surface area is 106 Å². The van der Waals surface area contributed by atoms with Crippen molar-refractivity contribution in [2.75, 3.05) is 18.9 Å². The number of rotatable bonds is 5. The second-order valence-corrected chi connectivity index (χ2v) is 4.23. The van der Waals surface area contributed by atoms with Gasteiger partial charge in [0, 0.05) is 18.5 Å². The van der Waals surface area contributed by atoms with Crippen LogP contribution in [0.3, 0.4) is 0 Å². The number of carbonyl (C=O) groups excluding carboxylic acids is 1. The molecule has 2 N–H and O–H groups in total. The summed E-state index contributed by atoms with van der Waals surface area (Å²) in [5.41, 5.74) is 0.932. The molecule has 1 atom stereocenters. The van der Waals surface area contributed by atoms with Crippen LogP contribution in [0.5, 0.6) is 0 Å². The van der Waals surface area contributed by atoms with E-state index in [9.17, 15) is 14.9 Å². The minimum Gasteiger partial charge on any atom is -0.320 e. The summed E-state index contributed by atoms with van der Waals surface area (Å²) in [5.74, 6) is -0.493. The van der Waals surface area contributed by atoms with Gasteiger partial charge in [0.25, 0.3) is 5.69 Å². The highest BCUT2D eigenvalue weighted by Gasteiger charge is 2.18. The van der Waals surface area contributed by atoms with Crippen LogP contribution in [0.25, 0.3) is 0 Å². The van der Waals surface area contributed by atoms with Crippen molar-refractivity contribution in [1.82, 2.24) is 5.32 Å². The maximum absolute atomic E-state index is 11.8. The summed E-state index contributed by atoms with van der Waals surface area (Å²) in [6, 6.07) is 4.72. The Morgan fingerprint density at radius 1 is 1.50 bits per heavy atom. The Morgan fingerprint density at radius 2 is 2.17 bits per heavy atom. The van der Waals surface area contributed by atoms with Gasteiger partial charge in [0.15, 0.2) is 0 Å². The smallest absolute Gasteiger partial charge is 0.293 e. The van der Waals surface area contributed by atoms with Crippen molar-refractivity contribution in [3.63, 3.8) is 0 Å². The molecule has 0 spiro atoms. The molecule has 1 rings (SSSR count). The van der Waals surface area contributed by atoms with Gasteiger partial charge in [-0.3, -0.25) is 14.9 Å². The summed E-state index contributed by atoms with van der Waals surface area (Å²) in [5, 5.41) is 16.4. The summed E-state index contributed by atoms with van der Waals surface area (Å²) in [6.45, 7) is 4.04. The van der Waals surface area contributed by atoms with Gasteiger partial charge in [0.2, 0.25) is 5.91 Å². The molecule has 1 aromatic carbocycles. The summed E-state index contributed by atoms with van der Waals surface area (Å²) in [4.78, 5) is 22.2. The maximum atomic E-state index is 11.8. The maximum Gasteiger partial charge on any atom is 0.293 e. The predicted molar refractivity (Wildman–Crippen MR) is 69.6 cm³/mol. The van der Waals surface area contributed by atoms with Gasteiger partial charge in [-0.05, 0) is 25.6 Å². The van der Waals surface area contributed by atoms with Gasteiger partial charge in [-0.15, -0.1) is 0 Å². The molecule has 1 amide bonds. The molecule has 0 radical (unpaired) electrons. The van der Waals surface area contributed by atoms with Crippen molar-refractivity contribution >= 4 is 17.3 Å². The lowest BCUT2D eigenvalue weighted by atomic mass is 10.1. The zero-order valence-corrected chi connectivity index (χ0v) is 10.7. The van der Waals surface area contributed by atoms with Crippen LogP contribution in [-0.2, 0) is 4.79 Å². The van der Waals surface area contributed by atoms with Crippen LogP contribution in [0.15, 0.2) is 18.2 Å². The first-order chi connectivity index (χ1) is 8.45. The van der Waals surface area contributed by atoms with E-state index in [4.69, 9.17) is 0 Å². The average molecular weight is 251 g/mol. The van der Waals surface area contributed by atoms with Crippen LogP contribution in [0.1, 0.15) is 12.5 Å². The minimum atomic E-state index is -0.495. The fraction of sp³-hybridized carbons (Fsp3) is 0.417. The highest BCUT2D eigenvalue weighted by atomic mass is 16.6. The molecule has 0 aliphatic carbocycles. The molecule has 1 aromatic rings. The molecule has 98 valence electrons. The van der Waals surface area contributed by atoms with Crippen LogP contribution < -0.4 is 10.6 Å². The van der Waals surface area contributed by atoms with Crippen molar-refractivity contribution in [3.05, 3.63) is 33.9 Å². The first-order valence-corrected chi connectivity index (χ1v) is 5.66. The van der Waals surface area contributed by atoms with E-state index in [1.807, 2.05) is 0 Å². The largest absolute Gasteiger partial charge is 0.320 e. The first kappa shape index (κ1) is 14.1. The number of carbonyl (C=O) groups is 1. The number of nitro benzene ring substituents is 1. The zero-order chi connectivity index (χ0) is 13.7. The molecule has 0 saturated heterocycles. The Morgan fingerprint density at radius 3 is 2.72 bits per heavy atom. The minimum absolute atomic E-state index is 0.0833. The first-order valence-electron chi connectivity index (χ1n) is 5.66. The van der Waals surface area contributed by atoms with Crippen molar-refractivity contribution in [2.45, 2.75) is 13.8 Å². The fourth-order valence-corrected chi connectivity index (χ4v) is 1.55. The van der Waals surface area contributed by atoms with E-state index < -0.39 is 4.92 Å². The fourth-order valence-electron chi connectivity index (χ4n) is 1.55. The third-order valence-electron chi connectivity index (χ3n) is 2.57. The molecular weight excluding hydrogens is 234 g/mol. The molecule has 18 heavy (non-hydrogen) atoms. The third kappa shape index (κ3) is 3.53. The number of amides is 1.